The summed E-state index contributed by atoms with van der Waals surface area (Å²) in [5, 5.41) is 0. The first-order chi connectivity index (χ1) is 9.36. The number of H-pyrrole nitrogens is 1. The molecule has 0 spiro atoms. The van der Waals surface area contributed by atoms with Crippen molar-refractivity contribution in [3.63, 3.8) is 0 Å². The maximum Gasteiger partial charge on any atom is 0.156 e. The van der Waals surface area contributed by atoms with Gasteiger partial charge in [-0.05, 0) is 31.8 Å². The minimum atomic E-state index is 0.726. The van der Waals surface area contributed by atoms with Gasteiger partial charge in [0.05, 0.1) is 0 Å². The summed E-state index contributed by atoms with van der Waals surface area (Å²) in [6.45, 7) is 4.13. The highest BCUT2D eigenvalue weighted by molar-refractivity contribution is 5.74. The van der Waals surface area contributed by atoms with Gasteiger partial charge in [-0.15, -0.1) is 0 Å². The van der Waals surface area contributed by atoms with Gasteiger partial charge in [0.2, 0.25) is 0 Å². The van der Waals surface area contributed by atoms with Crippen LogP contribution in [0.25, 0.3) is 11.2 Å². The van der Waals surface area contributed by atoms with Crippen LogP contribution in [0.3, 0.4) is 0 Å². The number of aromatic nitrogens is 3. The van der Waals surface area contributed by atoms with Gasteiger partial charge in [0.25, 0.3) is 0 Å². The van der Waals surface area contributed by atoms with E-state index >= 15 is 0 Å². The zero-order chi connectivity index (χ0) is 13.1. The third-order valence-corrected chi connectivity index (χ3v) is 3.89. The van der Waals surface area contributed by atoms with Gasteiger partial charge in [0.15, 0.2) is 5.65 Å². The average molecular weight is 260 g/mol. The van der Waals surface area contributed by atoms with E-state index < -0.39 is 0 Å². The van der Waals surface area contributed by atoms with Gasteiger partial charge in [-0.2, -0.15) is 0 Å². The molecule has 1 N–H and O–H groups in total. The van der Waals surface area contributed by atoms with Crippen molar-refractivity contribution >= 4 is 11.2 Å². The largest absolute Gasteiger partial charge is 0.384 e. The third-order valence-electron chi connectivity index (χ3n) is 3.89. The van der Waals surface area contributed by atoms with Crippen LogP contribution in [0.2, 0.25) is 0 Å². The molecule has 3 rings (SSSR count). The molecule has 2 aromatic rings. The van der Waals surface area contributed by atoms with Crippen LogP contribution in [-0.2, 0) is 11.3 Å². The summed E-state index contributed by atoms with van der Waals surface area (Å²) in [4.78, 5) is 14.4. The first-order valence-electron chi connectivity index (χ1n) is 6.85. The summed E-state index contributed by atoms with van der Waals surface area (Å²) in [6.07, 6.45) is 7.96. The summed E-state index contributed by atoms with van der Waals surface area (Å²) in [5.74, 6) is 0.726. The Labute approximate surface area is 113 Å². The Morgan fingerprint density at radius 2 is 2.11 bits per heavy atom. The van der Waals surface area contributed by atoms with Crippen molar-refractivity contribution < 1.29 is 4.74 Å². The number of aromatic amines is 1. The average Bonchev–Trinajstić information content (AvgIpc) is 2.85. The number of fused-ring (bicyclic) bond motifs is 1. The molecule has 0 aromatic carbocycles. The monoisotopic (exact) mass is 260 g/mol. The van der Waals surface area contributed by atoms with E-state index in [2.05, 4.69) is 19.9 Å². The Hall–Kier alpha value is -1.46. The van der Waals surface area contributed by atoms with Crippen LogP contribution in [0.5, 0.6) is 0 Å². The van der Waals surface area contributed by atoms with Crippen molar-refractivity contribution in [3.8, 4) is 0 Å². The number of nitrogens with one attached hydrogen (secondary N) is 1. The number of hydrogen-bond acceptors (Lipinski definition) is 4. The molecule has 5 heteroatoms. The minimum absolute atomic E-state index is 0.726. The second kappa shape index (κ2) is 5.67. The Balaban J connectivity index is 1.63. The van der Waals surface area contributed by atoms with Crippen LogP contribution in [-0.4, -0.2) is 46.7 Å². The molecule has 19 heavy (non-hydrogen) atoms. The zero-order valence-corrected chi connectivity index (χ0v) is 11.3. The van der Waals surface area contributed by atoms with Gasteiger partial charge in [-0.3, -0.25) is 9.88 Å². The molecule has 5 nitrogen and oxygen atoms in total. The molecule has 0 radical (unpaired) electrons. The highest BCUT2D eigenvalue weighted by Gasteiger charge is 2.20. The molecule has 0 bridgehead atoms. The van der Waals surface area contributed by atoms with Crippen LogP contribution in [0, 0.1) is 5.92 Å². The Morgan fingerprint density at radius 1 is 1.32 bits per heavy atom. The van der Waals surface area contributed by atoms with E-state index in [1.807, 2.05) is 6.20 Å². The van der Waals surface area contributed by atoms with Gasteiger partial charge >= 0.3 is 0 Å². The molecule has 1 saturated heterocycles. The number of nitrogens with zero attached hydrogens (tertiary/aromatic N) is 3. The first-order valence-corrected chi connectivity index (χ1v) is 6.85. The number of ether oxygens (including phenoxy) is 1. The van der Waals surface area contributed by atoms with E-state index in [9.17, 15) is 0 Å². The van der Waals surface area contributed by atoms with Gasteiger partial charge in [-0.25, -0.2) is 4.98 Å². The van der Waals surface area contributed by atoms with Crippen LogP contribution in [0.4, 0.5) is 0 Å². The first kappa shape index (κ1) is 12.6. The van der Waals surface area contributed by atoms with Crippen molar-refractivity contribution in [1.29, 1.82) is 0 Å². The van der Waals surface area contributed by atoms with Crippen molar-refractivity contribution in [2.75, 3.05) is 26.8 Å². The number of piperidine rings is 1. The molecule has 0 aliphatic carbocycles. The molecule has 1 aliphatic heterocycles. The summed E-state index contributed by atoms with van der Waals surface area (Å²) in [6, 6.07) is 0. The molecule has 0 atom stereocenters. The second-order valence-electron chi connectivity index (χ2n) is 5.24. The Morgan fingerprint density at radius 3 is 2.89 bits per heavy atom. The number of hydrogen-bond donors (Lipinski definition) is 1. The molecule has 0 amide bonds. The SMILES string of the molecule is COCC1CCN(Cc2c[nH]c3nccnc23)CC1. The van der Waals surface area contributed by atoms with E-state index in [0.29, 0.717) is 0 Å². The summed E-state index contributed by atoms with van der Waals surface area (Å²) >= 11 is 0. The quantitative estimate of drug-likeness (QED) is 0.911. The summed E-state index contributed by atoms with van der Waals surface area (Å²) in [5.41, 5.74) is 3.13. The van der Waals surface area contributed by atoms with Gasteiger partial charge < -0.3 is 9.72 Å². The lowest BCUT2D eigenvalue weighted by atomic mass is 9.97. The molecule has 3 heterocycles. The van der Waals surface area contributed by atoms with Gasteiger partial charge in [0.1, 0.15) is 5.52 Å². The lowest BCUT2D eigenvalue weighted by Gasteiger charge is -2.31. The van der Waals surface area contributed by atoms with Crippen LogP contribution < -0.4 is 0 Å². The lowest BCUT2D eigenvalue weighted by molar-refractivity contribution is 0.0969. The second-order valence-corrected chi connectivity index (χ2v) is 5.24. The summed E-state index contributed by atoms with van der Waals surface area (Å²) in [7, 11) is 1.79. The van der Waals surface area contributed by atoms with Crippen molar-refractivity contribution in [3.05, 3.63) is 24.2 Å². The molecular formula is C14H20N4O. The van der Waals surface area contributed by atoms with Crippen molar-refractivity contribution in [1.82, 2.24) is 19.9 Å². The van der Waals surface area contributed by atoms with E-state index in [1.54, 1.807) is 19.5 Å². The molecule has 1 aliphatic rings. The number of likely N-dealkylation sites (tertiary alicyclic amines) is 1. The van der Waals surface area contributed by atoms with Crippen LogP contribution in [0.1, 0.15) is 18.4 Å². The normalized spacial score (nSPS) is 18.2. The maximum atomic E-state index is 5.24. The Bertz CT molecular complexity index is 531. The summed E-state index contributed by atoms with van der Waals surface area (Å²) < 4.78 is 5.24. The molecule has 0 saturated carbocycles. The van der Waals surface area contributed by atoms with E-state index in [-0.39, 0.29) is 0 Å². The number of rotatable bonds is 4. The van der Waals surface area contributed by atoms with Crippen LogP contribution >= 0.6 is 0 Å². The third kappa shape index (κ3) is 2.77. The zero-order valence-electron chi connectivity index (χ0n) is 11.3. The predicted octanol–water partition coefficient (Wildman–Crippen LogP) is 1.82. The molecule has 2 aromatic heterocycles. The van der Waals surface area contributed by atoms with Crippen LogP contribution in [0.15, 0.2) is 18.6 Å². The fourth-order valence-corrected chi connectivity index (χ4v) is 2.81. The van der Waals surface area contributed by atoms with E-state index in [1.165, 1.54) is 18.4 Å². The lowest BCUT2D eigenvalue weighted by Crippen LogP contribution is -2.34. The number of methoxy groups -OCH3 is 1. The smallest absolute Gasteiger partial charge is 0.156 e. The van der Waals surface area contributed by atoms with Crippen molar-refractivity contribution in [2.45, 2.75) is 19.4 Å². The highest BCUT2D eigenvalue weighted by Crippen LogP contribution is 2.21. The fourth-order valence-electron chi connectivity index (χ4n) is 2.81. The molecule has 1 fully saturated rings. The van der Waals surface area contributed by atoms with Crippen molar-refractivity contribution in [2.24, 2.45) is 5.92 Å². The standard InChI is InChI=1S/C14H20N4O/c1-19-10-11-2-6-18(7-3-11)9-12-8-17-14-13(12)15-4-5-16-14/h4-5,8,11H,2-3,6-7,9-10H2,1H3,(H,16,17). The van der Waals surface area contributed by atoms with E-state index in [0.717, 1.165) is 43.3 Å². The predicted molar refractivity (Wildman–Crippen MR) is 73.8 cm³/mol. The minimum Gasteiger partial charge on any atom is -0.384 e. The fraction of sp³-hybridized carbons (Fsp3) is 0.571. The molecule has 0 unspecified atom stereocenters. The van der Waals surface area contributed by atoms with Gasteiger partial charge in [-0.1, -0.05) is 0 Å². The topological polar surface area (TPSA) is 54.0 Å². The van der Waals surface area contributed by atoms with Gasteiger partial charge in [0, 0.05) is 44.4 Å². The molecule has 102 valence electrons. The highest BCUT2D eigenvalue weighted by atomic mass is 16.5. The Kier molecular flexibility index (Phi) is 3.75. The maximum absolute atomic E-state index is 5.24. The van der Waals surface area contributed by atoms with E-state index in [4.69, 9.17) is 4.74 Å². The molecular weight excluding hydrogens is 240 g/mol.